The zero-order chi connectivity index (χ0) is 23.8. The molecule has 0 spiro atoms. The van der Waals surface area contributed by atoms with Crippen molar-refractivity contribution in [2.24, 2.45) is 0 Å². The van der Waals surface area contributed by atoms with E-state index in [9.17, 15) is 0 Å². The van der Waals surface area contributed by atoms with Crippen molar-refractivity contribution >= 4 is 10.9 Å². The quantitative estimate of drug-likeness (QED) is 0.258. The average Bonchev–Trinajstić information content (AvgIpc) is 2.89. The number of ether oxygens (including phenoxy) is 6. The van der Waals surface area contributed by atoms with Gasteiger partial charge in [0.25, 0.3) is 0 Å². The van der Waals surface area contributed by atoms with Gasteiger partial charge in [0.05, 0.1) is 40.1 Å². The van der Waals surface area contributed by atoms with Crippen molar-refractivity contribution in [1.29, 1.82) is 0 Å². The predicted octanol–water partition coefficient (Wildman–Crippen LogP) is 5.90. The van der Waals surface area contributed by atoms with Crippen molar-refractivity contribution in [2.45, 2.75) is 6.42 Å². The molecule has 0 aliphatic heterocycles. The number of para-hydroxylation sites is 2. The molecule has 0 aliphatic carbocycles. The summed E-state index contributed by atoms with van der Waals surface area (Å²) in [4.78, 5) is 4.41. The maximum absolute atomic E-state index is 6.11. The first-order valence-electron chi connectivity index (χ1n) is 10.9. The maximum Gasteiger partial charge on any atom is 0.162 e. The molecule has 0 amide bonds. The van der Waals surface area contributed by atoms with Crippen LogP contribution in [0.5, 0.6) is 40.2 Å². The van der Waals surface area contributed by atoms with Gasteiger partial charge in [-0.25, -0.2) is 0 Å². The van der Waals surface area contributed by atoms with Crippen LogP contribution in [-0.4, -0.2) is 39.5 Å². The molecule has 1 aromatic heterocycles. The molecule has 4 aromatic rings. The van der Waals surface area contributed by atoms with Crippen LogP contribution in [0.15, 0.2) is 72.9 Å². The molecule has 0 aliphatic rings. The third-order valence-corrected chi connectivity index (χ3v) is 5.14. The van der Waals surface area contributed by atoms with Crippen LogP contribution in [0.2, 0.25) is 0 Å². The zero-order valence-electron chi connectivity index (χ0n) is 19.4. The third kappa shape index (κ3) is 5.43. The first-order chi connectivity index (χ1) is 16.7. The highest BCUT2D eigenvalue weighted by atomic mass is 16.5. The summed E-state index contributed by atoms with van der Waals surface area (Å²) in [6.07, 6.45) is 2.44. The Bertz CT molecular complexity index is 1230. The van der Waals surface area contributed by atoms with E-state index < -0.39 is 0 Å². The highest BCUT2D eigenvalue weighted by Gasteiger charge is 2.11. The van der Waals surface area contributed by atoms with E-state index in [2.05, 4.69) is 4.98 Å². The SMILES string of the molecule is COc1cc2nccc(Oc3ccc(OCCCOc4ccccc4OC)cc3)c2cc1OC. The van der Waals surface area contributed by atoms with Gasteiger partial charge in [-0.15, -0.1) is 0 Å². The van der Waals surface area contributed by atoms with E-state index in [1.807, 2.05) is 66.7 Å². The largest absolute Gasteiger partial charge is 0.493 e. The average molecular weight is 462 g/mol. The Hall–Kier alpha value is -4.13. The lowest BCUT2D eigenvalue weighted by molar-refractivity contribution is 0.240. The fourth-order valence-electron chi connectivity index (χ4n) is 3.44. The summed E-state index contributed by atoms with van der Waals surface area (Å²) in [7, 11) is 4.83. The van der Waals surface area contributed by atoms with Gasteiger partial charge in [-0.05, 0) is 48.5 Å². The minimum Gasteiger partial charge on any atom is -0.493 e. The van der Waals surface area contributed by atoms with Crippen molar-refractivity contribution in [2.75, 3.05) is 34.5 Å². The highest BCUT2D eigenvalue weighted by Crippen LogP contribution is 2.37. The molecule has 7 heteroatoms. The number of fused-ring (bicyclic) bond motifs is 1. The first-order valence-corrected chi connectivity index (χ1v) is 10.9. The van der Waals surface area contributed by atoms with Crippen LogP contribution in [0.1, 0.15) is 6.42 Å². The van der Waals surface area contributed by atoms with Crippen LogP contribution in [0.3, 0.4) is 0 Å². The predicted molar refractivity (Wildman–Crippen MR) is 130 cm³/mol. The van der Waals surface area contributed by atoms with Gasteiger partial charge in [0.1, 0.15) is 17.2 Å². The lowest BCUT2D eigenvalue weighted by Gasteiger charge is -2.13. The fraction of sp³-hybridized carbons (Fsp3) is 0.222. The molecule has 4 rings (SSSR count). The summed E-state index contributed by atoms with van der Waals surface area (Å²) in [5.74, 6) is 4.81. The van der Waals surface area contributed by atoms with E-state index in [-0.39, 0.29) is 0 Å². The number of pyridine rings is 1. The third-order valence-electron chi connectivity index (χ3n) is 5.14. The number of aromatic nitrogens is 1. The summed E-state index contributed by atoms with van der Waals surface area (Å²) < 4.78 is 33.8. The second-order valence-corrected chi connectivity index (χ2v) is 7.31. The fourth-order valence-corrected chi connectivity index (χ4v) is 3.44. The molecule has 0 unspecified atom stereocenters. The summed E-state index contributed by atoms with van der Waals surface area (Å²) in [6, 6.07) is 20.6. The molecule has 3 aromatic carbocycles. The van der Waals surface area contributed by atoms with Gasteiger partial charge in [-0.1, -0.05) is 12.1 Å². The summed E-state index contributed by atoms with van der Waals surface area (Å²) in [5, 5.41) is 0.829. The van der Waals surface area contributed by atoms with Gasteiger partial charge >= 0.3 is 0 Å². The molecule has 0 fully saturated rings. The van der Waals surface area contributed by atoms with Crippen LogP contribution in [0.4, 0.5) is 0 Å². The van der Waals surface area contributed by atoms with Gasteiger partial charge in [0, 0.05) is 24.1 Å². The monoisotopic (exact) mass is 461 g/mol. The van der Waals surface area contributed by atoms with Gasteiger partial charge in [0.15, 0.2) is 23.0 Å². The molecule has 7 nitrogen and oxygen atoms in total. The van der Waals surface area contributed by atoms with Crippen molar-refractivity contribution in [1.82, 2.24) is 4.98 Å². The van der Waals surface area contributed by atoms with E-state index in [0.717, 1.165) is 34.6 Å². The maximum atomic E-state index is 6.11. The standard InChI is InChI=1S/C27H27NO6/c1-29-24-7-4-5-8-25(24)33-16-6-15-32-19-9-11-20(12-10-19)34-23-13-14-28-22-18-27(31-3)26(30-2)17-21(22)23/h4-5,7-14,17-18H,6,15-16H2,1-3H3. The first kappa shape index (κ1) is 23.0. The summed E-state index contributed by atoms with van der Waals surface area (Å²) in [6.45, 7) is 1.07. The summed E-state index contributed by atoms with van der Waals surface area (Å²) >= 11 is 0. The van der Waals surface area contributed by atoms with E-state index in [1.54, 1.807) is 27.5 Å². The molecule has 34 heavy (non-hydrogen) atoms. The number of nitrogens with zero attached hydrogens (tertiary/aromatic N) is 1. The molecule has 0 radical (unpaired) electrons. The number of methoxy groups -OCH3 is 3. The van der Waals surface area contributed by atoms with Gasteiger partial charge < -0.3 is 28.4 Å². The Balaban J connectivity index is 1.33. The van der Waals surface area contributed by atoms with Gasteiger partial charge in [-0.3, -0.25) is 4.98 Å². The lowest BCUT2D eigenvalue weighted by atomic mass is 10.2. The second-order valence-electron chi connectivity index (χ2n) is 7.31. The van der Waals surface area contributed by atoms with Crippen molar-refractivity contribution in [3.8, 4) is 40.2 Å². The topological polar surface area (TPSA) is 68.3 Å². The number of rotatable bonds is 11. The second kappa shape index (κ2) is 11.1. The Labute approximate surface area is 198 Å². The number of benzene rings is 3. The zero-order valence-corrected chi connectivity index (χ0v) is 19.4. The van der Waals surface area contributed by atoms with E-state index in [1.165, 1.54) is 0 Å². The smallest absolute Gasteiger partial charge is 0.162 e. The minimum absolute atomic E-state index is 0.533. The molecule has 1 heterocycles. The Kier molecular flexibility index (Phi) is 7.55. The lowest BCUT2D eigenvalue weighted by Crippen LogP contribution is -2.05. The molecule has 176 valence electrons. The van der Waals surface area contributed by atoms with Crippen molar-refractivity contribution < 1.29 is 28.4 Å². The Morgan fingerprint density at radius 1 is 0.618 bits per heavy atom. The summed E-state index contributed by atoms with van der Waals surface area (Å²) in [5.41, 5.74) is 0.755. The van der Waals surface area contributed by atoms with E-state index in [4.69, 9.17) is 28.4 Å². The molecular weight excluding hydrogens is 434 g/mol. The van der Waals surface area contributed by atoms with Gasteiger partial charge in [-0.2, -0.15) is 0 Å². The minimum atomic E-state index is 0.533. The van der Waals surface area contributed by atoms with Crippen LogP contribution >= 0.6 is 0 Å². The van der Waals surface area contributed by atoms with Gasteiger partial charge in [0.2, 0.25) is 0 Å². The highest BCUT2D eigenvalue weighted by molar-refractivity contribution is 5.88. The van der Waals surface area contributed by atoms with Crippen molar-refractivity contribution in [3.63, 3.8) is 0 Å². The van der Waals surface area contributed by atoms with E-state index >= 15 is 0 Å². The van der Waals surface area contributed by atoms with Crippen LogP contribution in [0.25, 0.3) is 10.9 Å². The normalized spacial score (nSPS) is 10.6. The Morgan fingerprint density at radius 3 is 2.00 bits per heavy atom. The van der Waals surface area contributed by atoms with Crippen LogP contribution in [0, 0.1) is 0 Å². The van der Waals surface area contributed by atoms with E-state index in [0.29, 0.717) is 36.2 Å². The van der Waals surface area contributed by atoms with Crippen molar-refractivity contribution in [3.05, 3.63) is 72.9 Å². The number of hydrogen-bond acceptors (Lipinski definition) is 7. The molecule has 0 saturated carbocycles. The molecule has 0 saturated heterocycles. The van der Waals surface area contributed by atoms with Crippen LogP contribution < -0.4 is 28.4 Å². The van der Waals surface area contributed by atoms with Crippen LogP contribution in [-0.2, 0) is 0 Å². The molecule has 0 atom stereocenters. The molecule has 0 N–H and O–H groups in total. The molecular formula is C27H27NO6. The molecule has 0 bridgehead atoms. The Morgan fingerprint density at radius 2 is 1.26 bits per heavy atom. The number of hydrogen-bond donors (Lipinski definition) is 0.